The molecular formula is C33H53N11O32P8-8. The number of aliphatic hydroxyl groups excluding tert-OH is 2. The van der Waals surface area contributed by atoms with Gasteiger partial charge in [0.2, 0.25) is 11.9 Å². The lowest BCUT2D eigenvalue weighted by atomic mass is 10.2. The van der Waals surface area contributed by atoms with E-state index in [4.69, 9.17) is 26.7 Å². The molecule has 4 aromatic rings. The molecule has 6 rings (SSSR count). The second-order valence-electron chi connectivity index (χ2n) is 17.4. The molecule has 0 aliphatic carbocycles. The molecule has 4 aromatic heterocycles. The number of hydrogen-bond donors (Lipinski definition) is 7. The lowest BCUT2D eigenvalue weighted by Crippen LogP contribution is -2.27. The predicted octanol–water partition coefficient (Wildman–Crippen LogP) is -2.90. The largest absolute Gasteiger partial charge is 0.756 e. The number of phosphoric ester groups is 4. The Morgan fingerprint density at radius 3 is 1.20 bits per heavy atom. The number of rotatable bonds is 34. The Balaban J connectivity index is 0.000000307. The van der Waals surface area contributed by atoms with Crippen LogP contribution in [0.5, 0.6) is 0 Å². The lowest BCUT2D eigenvalue weighted by molar-refractivity contribution is -0.260. The predicted molar refractivity (Wildman–Crippen MR) is 262 cm³/mol. The summed E-state index contributed by atoms with van der Waals surface area (Å²) in [5.41, 5.74) is 14.8. The number of ether oxygens (including phenoxy) is 2. The number of nitrogens with zero attached hydrogens (tertiary/aromatic N) is 6. The van der Waals surface area contributed by atoms with Crippen molar-refractivity contribution in [3.63, 3.8) is 0 Å². The number of imidazole rings is 2. The van der Waals surface area contributed by atoms with Gasteiger partial charge in [-0.05, 0) is 25.8 Å². The molecule has 2 aliphatic rings. The molecule has 480 valence electrons. The fourth-order valence-corrected chi connectivity index (χ4v) is 16.8. The minimum Gasteiger partial charge on any atom is -0.756 e. The van der Waals surface area contributed by atoms with Gasteiger partial charge in [0.25, 0.3) is 73.7 Å². The van der Waals surface area contributed by atoms with Crippen LogP contribution in [0.25, 0.3) is 22.3 Å². The van der Waals surface area contributed by atoms with Gasteiger partial charge in [-0.3, -0.25) is 65.2 Å². The standard InChI is InChI=1S/C17H31N5O16P4.C16H30N6O16P4/c1-2-3-4-5-6-7-33-39(25,26)36-41(29,30)38-42(31,32)37-40(27,28)34-9-12-11(23)8-13(35-12)22-10-19-14-15(22)20-17(18)21-16(14)24;17-5-3-1-2-4-6-33-39(25,26)36-41(29,30)38-42(31,32)37-40(27,28)34-8-11-10(23)7-12(35-11)22-9-19-13-14(22)20-16(18)21-15(13)24/h10-13,23H,2-9H2,1H3,(H,25,26)(H,27,28)(H,29,30)(H,31,32)(H3,18,20,21,24);9-12,23H,1-8,17H2,(H,25,26)(H,27,28)(H,29,30)(H,31,32)(H3,18,20,21,24)/p-8/t11?,12-,13-;10?,11-,12-/m11/s1. The average Bonchev–Trinajstić information content (AvgIpc) is 1.93. The number of anilines is 2. The van der Waals surface area contributed by atoms with Crippen LogP contribution in [0.2, 0.25) is 0 Å². The normalized spacial score (nSPS) is 25.0. The highest BCUT2D eigenvalue weighted by Gasteiger charge is 2.40. The van der Waals surface area contributed by atoms with Crippen molar-refractivity contribution < 1.29 is 139 Å². The topological polar surface area (TPSA) is 677 Å². The van der Waals surface area contributed by atoms with Crippen LogP contribution in [0, 0.1) is 0 Å². The van der Waals surface area contributed by atoms with Crippen molar-refractivity contribution in [1.29, 1.82) is 0 Å². The Labute approximate surface area is 471 Å². The van der Waals surface area contributed by atoms with Gasteiger partial charge in [-0.2, -0.15) is 9.97 Å². The molecule has 84 heavy (non-hydrogen) atoms. The van der Waals surface area contributed by atoms with Gasteiger partial charge in [0, 0.05) is 12.8 Å². The van der Waals surface area contributed by atoms with E-state index in [1.165, 1.54) is 9.13 Å². The average molecular weight is 1360 g/mol. The molecule has 51 heteroatoms. The number of H-pyrrole nitrogens is 2. The number of aliphatic hydroxyl groups is 2. The minimum absolute atomic E-state index is 0.0125. The smallest absolute Gasteiger partial charge is 0.280 e. The van der Waals surface area contributed by atoms with Crippen LogP contribution in [0.1, 0.15) is 90.0 Å². The summed E-state index contributed by atoms with van der Waals surface area (Å²) in [5.74, 6) is -0.480. The third kappa shape index (κ3) is 23.0. The maximum absolute atomic E-state index is 12.0. The third-order valence-corrected chi connectivity index (χ3v) is 22.3. The van der Waals surface area contributed by atoms with Gasteiger partial charge in [-0.1, -0.05) is 45.4 Å². The first-order valence-corrected chi connectivity index (χ1v) is 35.7. The Bertz CT molecular complexity index is 3190. The molecule has 6 heterocycles. The molecule has 2 aliphatic heterocycles. The number of phosphoric acid groups is 8. The van der Waals surface area contributed by atoms with Crippen LogP contribution in [0.3, 0.4) is 0 Å². The number of nitrogen functional groups attached to an aromatic ring is 2. The van der Waals surface area contributed by atoms with E-state index in [1.807, 2.05) is 6.92 Å². The molecule has 43 nitrogen and oxygen atoms in total. The van der Waals surface area contributed by atoms with Gasteiger partial charge < -0.3 is 94.1 Å². The summed E-state index contributed by atoms with van der Waals surface area (Å²) < 4.78 is 147. The zero-order chi connectivity index (χ0) is 62.7. The molecule has 14 atom stereocenters. The number of nitrogens with two attached hydrogens (primary N) is 3. The van der Waals surface area contributed by atoms with Gasteiger partial charge in [0.05, 0.1) is 51.3 Å². The van der Waals surface area contributed by atoms with E-state index >= 15 is 0 Å². The second kappa shape index (κ2) is 30.2. The number of aromatic nitrogens is 8. The minimum atomic E-state index is -6.38. The van der Waals surface area contributed by atoms with Crippen LogP contribution in [0.4, 0.5) is 11.9 Å². The SMILES string of the molecule is CCCCCCCOP(=O)([O-])OP(=O)([O-])OP(=O)([O-])OP(=O)([O-])OC[C@H]1O[C@@H](n2cnc3c(=O)[nH]c(N)nc32)CC1O.NCCCCCCOP(=O)([O-])OP(=O)([O-])OP(=O)([O-])OP(=O)([O-])OC[C@H]1O[C@@H](n2cnc3c(=O)[nH]c(N)nc32)CC1O. The number of nitrogens with one attached hydrogen (secondary N) is 2. The molecule has 2 saturated heterocycles. The fourth-order valence-electron chi connectivity index (χ4n) is 7.26. The van der Waals surface area contributed by atoms with Crippen LogP contribution in [-0.2, 0) is 90.0 Å². The van der Waals surface area contributed by atoms with Crippen molar-refractivity contribution in [2.45, 2.75) is 114 Å². The van der Waals surface area contributed by atoms with E-state index in [-0.39, 0.29) is 59.9 Å². The van der Waals surface area contributed by atoms with Crippen molar-refractivity contribution in [3.8, 4) is 0 Å². The van der Waals surface area contributed by atoms with Crippen molar-refractivity contribution >= 4 is 96.8 Å². The van der Waals surface area contributed by atoms with Crippen molar-refractivity contribution in [3.05, 3.63) is 33.4 Å². The summed E-state index contributed by atoms with van der Waals surface area (Å²) in [6.07, 6.45) is -0.460. The highest BCUT2D eigenvalue weighted by atomic mass is 31.3. The van der Waals surface area contributed by atoms with E-state index < -0.39 is 137 Å². The highest BCUT2D eigenvalue weighted by Crippen LogP contribution is 2.68. The Hall–Kier alpha value is -2.78. The van der Waals surface area contributed by atoms with Gasteiger partial charge in [-0.15, -0.1) is 0 Å². The molecule has 0 radical (unpaired) electrons. The maximum Gasteiger partial charge on any atom is 0.280 e. The number of hydrogen-bond acceptors (Lipinski definition) is 39. The molecule has 2 fully saturated rings. The first kappa shape index (κ1) is 72.0. The van der Waals surface area contributed by atoms with Crippen molar-refractivity contribution in [2.75, 3.05) is 44.4 Å². The molecule has 10 N–H and O–H groups in total. The van der Waals surface area contributed by atoms with E-state index in [9.17, 15) is 95.5 Å². The summed E-state index contributed by atoms with van der Waals surface area (Å²) >= 11 is 0. The first-order valence-electron chi connectivity index (χ1n) is 24.0. The van der Waals surface area contributed by atoms with Crippen molar-refractivity contribution in [1.82, 2.24) is 39.0 Å². The summed E-state index contributed by atoms with van der Waals surface area (Å²) in [6.45, 7) is -0.672. The highest BCUT2D eigenvalue weighted by molar-refractivity contribution is 7.69. The molecular weight excluding hydrogens is 1310 g/mol. The molecule has 0 aromatic carbocycles. The second-order valence-corrected chi connectivity index (χ2v) is 29.5. The van der Waals surface area contributed by atoms with Crippen LogP contribution < -0.4 is 67.5 Å². The number of unbranched alkanes of at least 4 members (excludes halogenated alkanes) is 7. The van der Waals surface area contributed by atoms with Crippen molar-refractivity contribution in [2.24, 2.45) is 5.73 Å². The molecule has 0 spiro atoms. The van der Waals surface area contributed by atoms with E-state index in [2.05, 4.69) is 73.9 Å². The molecule has 10 unspecified atom stereocenters. The zero-order valence-electron chi connectivity index (χ0n) is 43.1. The third-order valence-electron chi connectivity index (χ3n) is 10.8. The van der Waals surface area contributed by atoms with Crippen LogP contribution >= 0.6 is 62.6 Å². The molecule has 0 amide bonds. The summed E-state index contributed by atoms with van der Waals surface area (Å²) in [4.78, 5) is 139. The molecule has 0 saturated carbocycles. The molecule has 0 bridgehead atoms. The Morgan fingerprint density at radius 2 is 0.857 bits per heavy atom. The van der Waals surface area contributed by atoms with E-state index in [1.54, 1.807) is 0 Å². The fraction of sp³-hybridized carbons (Fsp3) is 0.697. The van der Waals surface area contributed by atoms with Gasteiger partial charge >= 0.3 is 0 Å². The van der Waals surface area contributed by atoms with Gasteiger partial charge in [0.1, 0.15) is 24.7 Å². The lowest BCUT2D eigenvalue weighted by Gasteiger charge is -2.36. The van der Waals surface area contributed by atoms with Crippen LogP contribution in [-0.4, -0.2) is 107 Å². The summed E-state index contributed by atoms with van der Waals surface area (Å²) in [7, 11) is -48.4. The number of aromatic amines is 2. The van der Waals surface area contributed by atoms with Gasteiger partial charge in [0.15, 0.2) is 22.3 Å². The Kier molecular flexibility index (Phi) is 25.8. The number of fused-ring (bicyclic) bond motifs is 2. The van der Waals surface area contributed by atoms with Crippen LogP contribution in [0.15, 0.2) is 22.2 Å². The monoisotopic (exact) mass is 1360 g/mol. The van der Waals surface area contributed by atoms with E-state index in [0.29, 0.717) is 32.2 Å². The summed E-state index contributed by atoms with van der Waals surface area (Å²) in [6, 6.07) is 0. The first-order chi connectivity index (χ1) is 38.8. The van der Waals surface area contributed by atoms with Gasteiger partial charge in [-0.25, -0.2) is 35.8 Å². The maximum atomic E-state index is 12.0. The quantitative estimate of drug-likeness (QED) is 0.0182. The summed E-state index contributed by atoms with van der Waals surface area (Å²) in [5, 5.41) is 20.5. The Morgan fingerprint density at radius 1 is 0.536 bits per heavy atom. The zero-order valence-corrected chi connectivity index (χ0v) is 50.2. The van der Waals surface area contributed by atoms with E-state index in [0.717, 1.165) is 31.9 Å².